The van der Waals surface area contributed by atoms with Crippen LogP contribution in [0.4, 0.5) is 17.3 Å². The second kappa shape index (κ2) is 10.8. The van der Waals surface area contributed by atoms with Crippen LogP contribution in [0.25, 0.3) is 55.8 Å². The fraction of sp³-hybridized carbons (Fsp3) is 0.0488. The van der Waals surface area contributed by atoms with Crippen LogP contribution < -0.4 is 4.90 Å². The topological polar surface area (TPSA) is 55.1 Å². The van der Waals surface area contributed by atoms with Crippen molar-refractivity contribution < 1.29 is 4.42 Å². The van der Waals surface area contributed by atoms with E-state index in [1.54, 1.807) is 0 Å². The first kappa shape index (κ1) is 26.3. The zero-order valence-corrected chi connectivity index (χ0v) is 25.0. The van der Waals surface area contributed by atoms with E-state index in [2.05, 4.69) is 77.7 Å². The molecule has 2 aromatic heterocycles. The van der Waals surface area contributed by atoms with Crippen LogP contribution in [0.1, 0.15) is 11.1 Å². The number of anilines is 3. The lowest BCUT2D eigenvalue weighted by atomic mass is 9.97. The number of benzene rings is 6. The first-order valence-electron chi connectivity index (χ1n) is 15.6. The van der Waals surface area contributed by atoms with E-state index in [-0.39, 0.29) is 0 Å². The molecular weight excluding hydrogens is 564 g/mol. The monoisotopic (exact) mass is 592 g/mol. The van der Waals surface area contributed by atoms with Gasteiger partial charge in [-0.2, -0.15) is 9.97 Å². The SMILES string of the molecule is c1ccc(-c2nc(-c3ccccc3)nc(N3c4ccccc4CCc4cc(-c5ccc6oc7ccccc7c6c5)ccc43)n2)cc1. The minimum absolute atomic E-state index is 0.599. The Kier molecular flexibility index (Phi) is 6.20. The van der Waals surface area contributed by atoms with Crippen molar-refractivity contribution in [2.45, 2.75) is 12.8 Å². The molecule has 3 heterocycles. The predicted molar refractivity (Wildman–Crippen MR) is 186 cm³/mol. The predicted octanol–water partition coefficient (Wildman–Crippen LogP) is 10.3. The lowest BCUT2D eigenvalue weighted by Gasteiger charge is -2.26. The molecule has 5 heteroatoms. The number of hydrogen-bond donors (Lipinski definition) is 0. The first-order valence-corrected chi connectivity index (χ1v) is 15.6. The number of furan rings is 1. The first-order chi connectivity index (χ1) is 22.8. The second-order valence-corrected chi connectivity index (χ2v) is 11.6. The van der Waals surface area contributed by atoms with Crippen molar-refractivity contribution in [1.82, 2.24) is 15.0 Å². The van der Waals surface area contributed by atoms with Crippen molar-refractivity contribution in [3.63, 3.8) is 0 Å². The van der Waals surface area contributed by atoms with Crippen molar-refractivity contribution in [3.05, 3.63) is 157 Å². The molecule has 0 aliphatic carbocycles. The Labute approximate surface area is 266 Å². The molecule has 0 radical (unpaired) electrons. The van der Waals surface area contributed by atoms with Crippen LogP contribution in [-0.4, -0.2) is 15.0 Å². The minimum Gasteiger partial charge on any atom is -0.456 e. The molecule has 0 saturated carbocycles. The van der Waals surface area contributed by atoms with Gasteiger partial charge < -0.3 is 4.42 Å². The number of aryl methyl sites for hydroxylation is 2. The van der Waals surface area contributed by atoms with E-state index in [1.165, 1.54) is 16.7 Å². The van der Waals surface area contributed by atoms with E-state index in [1.807, 2.05) is 72.8 Å². The summed E-state index contributed by atoms with van der Waals surface area (Å²) in [6.07, 6.45) is 1.81. The molecule has 0 atom stereocenters. The molecule has 9 rings (SSSR count). The van der Waals surface area contributed by atoms with Gasteiger partial charge in [-0.15, -0.1) is 0 Å². The normalized spacial score (nSPS) is 12.6. The van der Waals surface area contributed by atoms with Crippen molar-refractivity contribution in [1.29, 1.82) is 0 Å². The van der Waals surface area contributed by atoms with Gasteiger partial charge in [0.2, 0.25) is 5.95 Å². The van der Waals surface area contributed by atoms with Crippen LogP contribution in [0.15, 0.2) is 150 Å². The Balaban J connectivity index is 1.22. The summed E-state index contributed by atoms with van der Waals surface area (Å²) in [4.78, 5) is 17.4. The summed E-state index contributed by atoms with van der Waals surface area (Å²) >= 11 is 0. The molecule has 0 fully saturated rings. The average molecular weight is 593 g/mol. The molecule has 0 spiro atoms. The molecule has 46 heavy (non-hydrogen) atoms. The molecule has 0 amide bonds. The summed E-state index contributed by atoms with van der Waals surface area (Å²) in [6.45, 7) is 0. The van der Waals surface area contributed by atoms with Crippen molar-refractivity contribution in [2.75, 3.05) is 4.90 Å². The molecule has 1 aliphatic heterocycles. The highest BCUT2D eigenvalue weighted by molar-refractivity contribution is 6.06. The Hall–Kier alpha value is -6.07. The average Bonchev–Trinajstić information content (AvgIpc) is 3.41. The van der Waals surface area contributed by atoms with Gasteiger partial charge in [0.05, 0.1) is 11.4 Å². The van der Waals surface area contributed by atoms with Gasteiger partial charge in [-0.1, -0.05) is 109 Å². The number of nitrogens with zero attached hydrogens (tertiary/aromatic N) is 4. The maximum Gasteiger partial charge on any atom is 0.238 e. The second-order valence-electron chi connectivity index (χ2n) is 11.6. The van der Waals surface area contributed by atoms with Gasteiger partial charge >= 0.3 is 0 Å². The van der Waals surface area contributed by atoms with Crippen LogP contribution in [-0.2, 0) is 12.8 Å². The van der Waals surface area contributed by atoms with Crippen LogP contribution >= 0.6 is 0 Å². The highest BCUT2D eigenvalue weighted by Gasteiger charge is 2.26. The molecule has 6 aromatic carbocycles. The van der Waals surface area contributed by atoms with Crippen LogP contribution in [0.5, 0.6) is 0 Å². The van der Waals surface area contributed by atoms with Gasteiger partial charge in [0.15, 0.2) is 11.6 Å². The zero-order chi connectivity index (χ0) is 30.5. The zero-order valence-electron chi connectivity index (χ0n) is 25.0. The molecular formula is C41H28N4O. The lowest BCUT2D eigenvalue weighted by Crippen LogP contribution is -2.16. The van der Waals surface area contributed by atoms with E-state index in [0.717, 1.165) is 62.8 Å². The molecule has 0 unspecified atom stereocenters. The number of hydrogen-bond acceptors (Lipinski definition) is 5. The molecule has 8 aromatic rings. The van der Waals surface area contributed by atoms with E-state index < -0.39 is 0 Å². The Morgan fingerprint density at radius 3 is 1.80 bits per heavy atom. The maximum atomic E-state index is 6.11. The van der Waals surface area contributed by atoms with E-state index in [9.17, 15) is 0 Å². The summed E-state index contributed by atoms with van der Waals surface area (Å²) in [7, 11) is 0. The van der Waals surface area contributed by atoms with Crippen molar-refractivity contribution >= 4 is 39.3 Å². The lowest BCUT2D eigenvalue weighted by molar-refractivity contribution is 0.669. The van der Waals surface area contributed by atoms with Crippen molar-refractivity contribution in [2.24, 2.45) is 0 Å². The molecule has 0 bridgehead atoms. The molecule has 0 saturated heterocycles. The van der Waals surface area contributed by atoms with Gasteiger partial charge in [-0.3, -0.25) is 4.90 Å². The maximum absolute atomic E-state index is 6.11. The number of fused-ring (bicyclic) bond motifs is 5. The van der Waals surface area contributed by atoms with Gasteiger partial charge in [0.25, 0.3) is 0 Å². The highest BCUT2D eigenvalue weighted by atomic mass is 16.3. The Morgan fingerprint density at radius 2 is 1.02 bits per heavy atom. The number of rotatable bonds is 4. The Morgan fingerprint density at radius 1 is 0.435 bits per heavy atom. The third-order valence-corrected chi connectivity index (χ3v) is 8.81. The van der Waals surface area contributed by atoms with Gasteiger partial charge in [-0.25, -0.2) is 4.98 Å². The smallest absolute Gasteiger partial charge is 0.238 e. The molecule has 1 aliphatic rings. The van der Waals surface area contributed by atoms with E-state index in [0.29, 0.717) is 17.6 Å². The number of aromatic nitrogens is 3. The molecule has 0 N–H and O–H groups in total. The van der Waals surface area contributed by atoms with Crippen molar-refractivity contribution in [3.8, 4) is 33.9 Å². The molecule has 218 valence electrons. The third kappa shape index (κ3) is 4.52. The van der Waals surface area contributed by atoms with Gasteiger partial charge in [0.1, 0.15) is 11.2 Å². The standard InChI is InChI=1S/C41H28N4O/c1-3-12-28(13-4-1)39-42-40(29-14-5-2-6-15-29)44-41(43-39)45-35-17-9-7-11-27(35)19-20-32-25-30(21-23-36(32)45)31-22-24-38-34(26-31)33-16-8-10-18-37(33)46-38/h1-18,21-26H,19-20H2. The van der Waals surface area contributed by atoms with Crippen LogP contribution in [0.3, 0.4) is 0 Å². The quantitative estimate of drug-likeness (QED) is 0.203. The summed E-state index contributed by atoms with van der Waals surface area (Å²) in [5, 5.41) is 2.26. The summed E-state index contributed by atoms with van der Waals surface area (Å²) in [5.74, 6) is 1.89. The largest absolute Gasteiger partial charge is 0.456 e. The van der Waals surface area contributed by atoms with E-state index in [4.69, 9.17) is 19.4 Å². The molecule has 5 nitrogen and oxygen atoms in total. The van der Waals surface area contributed by atoms with Gasteiger partial charge in [-0.05, 0) is 71.5 Å². The third-order valence-electron chi connectivity index (χ3n) is 8.81. The summed E-state index contributed by atoms with van der Waals surface area (Å²) < 4.78 is 6.11. The fourth-order valence-corrected chi connectivity index (χ4v) is 6.54. The number of para-hydroxylation sites is 2. The fourth-order valence-electron chi connectivity index (χ4n) is 6.54. The van der Waals surface area contributed by atoms with Gasteiger partial charge in [0, 0.05) is 21.9 Å². The summed E-state index contributed by atoms with van der Waals surface area (Å²) in [6, 6.07) is 50.3. The minimum atomic E-state index is 0.599. The van der Waals surface area contributed by atoms with Crippen LogP contribution in [0, 0.1) is 0 Å². The highest BCUT2D eigenvalue weighted by Crippen LogP contribution is 2.43. The van der Waals surface area contributed by atoms with E-state index >= 15 is 0 Å². The van der Waals surface area contributed by atoms with Crippen LogP contribution in [0.2, 0.25) is 0 Å². The summed E-state index contributed by atoms with van der Waals surface area (Å²) in [5.41, 5.74) is 10.7. The Bertz CT molecular complexity index is 2320.